The molecule has 0 aliphatic heterocycles. The first kappa shape index (κ1) is 9.84. The van der Waals surface area contributed by atoms with Crippen molar-refractivity contribution in [2.45, 2.75) is 33.2 Å². The normalized spacial score (nSPS) is 12.5. The zero-order valence-electron chi connectivity index (χ0n) is 8.46. The van der Waals surface area contributed by atoms with Gasteiger partial charge in [0, 0.05) is 24.0 Å². The Morgan fingerprint density at radius 1 is 1.62 bits per heavy atom. The molecule has 0 saturated heterocycles. The lowest BCUT2D eigenvalue weighted by atomic mass is 10.2. The molecule has 1 aromatic heterocycles. The van der Waals surface area contributed by atoms with Gasteiger partial charge in [0.15, 0.2) is 0 Å². The van der Waals surface area contributed by atoms with Crippen LogP contribution in [0, 0.1) is 6.92 Å². The molecule has 3 N–H and O–H groups in total. The second kappa shape index (κ2) is 4.12. The van der Waals surface area contributed by atoms with Gasteiger partial charge >= 0.3 is 0 Å². The van der Waals surface area contributed by atoms with Crippen molar-refractivity contribution >= 4 is 11.5 Å². The highest BCUT2D eigenvalue weighted by molar-refractivity contribution is 5.53. The third kappa shape index (κ3) is 2.61. The van der Waals surface area contributed by atoms with E-state index in [4.69, 9.17) is 5.73 Å². The standard InChI is InChI=1S/C10H17N3/c1-4-8(3)13-10-5-9(11)7(2)6-12-10/h5-6,8H,4H2,1-3H3,(H3,11,12,13). The Bertz CT molecular complexity index is 283. The SMILES string of the molecule is CCC(C)Nc1cc(N)c(C)cn1. The molecule has 0 bridgehead atoms. The van der Waals surface area contributed by atoms with E-state index in [0.717, 1.165) is 23.5 Å². The molecule has 1 aromatic rings. The summed E-state index contributed by atoms with van der Waals surface area (Å²) in [6.45, 7) is 6.21. The van der Waals surface area contributed by atoms with Crippen LogP contribution in [0.15, 0.2) is 12.3 Å². The van der Waals surface area contributed by atoms with E-state index >= 15 is 0 Å². The topological polar surface area (TPSA) is 50.9 Å². The first-order valence-corrected chi connectivity index (χ1v) is 4.62. The van der Waals surface area contributed by atoms with Gasteiger partial charge in [-0.15, -0.1) is 0 Å². The molecule has 1 atom stereocenters. The van der Waals surface area contributed by atoms with Gasteiger partial charge in [0.05, 0.1) is 0 Å². The summed E-state index contributed by atoms with van der Waals surface area (Å²) in [7, 11) is 0. The lowest BCUT2D eigenvalue weighted by molar-refractivity contribution is 0.759. The van der Waals surface area contributed by atoms with Gasteiger partial charge in [0.2, 0.25) is 0 Å². The van der Waals surface area contributed by atoms with Gasteiger partial charge in [-0.05, 0) is 25.8 Å². The van der Waals surface area contributed by atoms with E-state index in [9.17, 15) is 0 Å². The smallest absolute Gasteiger partial charge is 0.128 e. The van der Waals surface area contributed by atoms with Gasteiger partial charge in [-0.25, -0.2) is 4.98 Å². The van der Waals surface area contributed by atoms with Gasteiger partial charge in [-0.3, -0.25) is 0 Å². The molecular formula is C10H17N3. The first-order chi connectivity index (χ1) is 6.13. The highest BCUT2D eigenvalue weighted by Gasteiger charge is 2.01. The molecule has 0 aliphatic rings. The fourth-order valence-corrected chi connectivity index (χ4v) is 0.973. The van der Waals surface area contributed by atoms with Crippen LogP contribution in [0.3, 0.4) is 0 Å². The summed E-state index contributed by atoms with van der Waals surface area (Å²) in [5, 5.41) is 3.27. The largest absolute Gasteiger partial charge is 0.398 e. The fourth-order valence-electron chi connectivity index (χ4n) is 0.973. The summed E-state index contributed by atoms with van der Waals surface area (Å²) in [5.74, 6) is 0.859. The van der Waals surface area contributed by atoms with Crippen molar-refractivity contribution < 1.29 is 0 Å². The minimum atomic E-state index is 0.439. The lowest BCUT2D eigenvalue weighted by Gasteiger charge is -2.12. The Morgan fingerprint density at radius 3 is 2.85 bits per heavy atom. The molecule has 0 saturated carbocycles. The maximum Gasteiger partial charge on any atom is 0.128 e. The first-order valence-electron chi connectivity index (χ1n) is 4.62. The Hall–Kier alpha value is -1.25. The number of aryl methyl sites for hydroxylation is 1. The van der Waals surface area contributed by atoms with E-state index in [0.29, 0.717) is 6.04 Å². The number of anilines is 2. The Morgan fingerprint density at radius 2 is 2.31 bits per heavy atom. The molecule has 3 heteroatoms. The molecule has 1 rings (SSSR count). The third-order valence-electron chi connectivity index (χ3n) is 2.15. The fraction of sp³-hybridized carbons (Fsp3) is 0.500. The molecule has 0 aromatic carbocycles. The lowest BCUT2D eigenvalue weighted by Crippen LogP contribution is -2.14. The zero-order chi connectivity index (χ0) is 9.84. The van der Waals surface area contributed by atoms with Crippen molar-refractivity contribution in [3.63, 3.8) is 0 Å². The van der Waals surface area contributed by atoms with E-state index in [2.05, 4.69) is 24.1 Å². The Balaban J connectivity index is 2.73. The van der Waals surface area contributed by atoms with E-state index in [1.807, 2.05) is 13.0 Å². The summed E-state index contributed by atoms with van der Waals surface area (Å²) in [6, 6.07) is 2.32. The summed E-state index contributed by atoms with van der Waals surface area (Å²) in [5.41, 5.74) is 7.57. The Kier molecular flexibility index (Phi) is 3.12. The van der Waals surface area contributed by atoms with Crippen molar-refractivity contribution in [2.75, 3.05) is 11.1 Å². The van der Waals surface area contributed by atoms with Crippen LogP contribution in [0.4, 0.5) is 11.5 Å². The van der Waals surface area contributed by atoms with E-state index in [1.165, 1.54) is 0 Å². The zero-order valence-corrected chi connectivity index (χ0v) is 8.46. The summed E-state index contributed by atoms with van der Waals surface area (Å²) >= 11 is 0. The molecule has 72 valence electrons. The number of rotatable bonds is 3. The van der Waals surface area contributed by atoms with E-state index in [-0.39, 0.29) is 0 Å². The predicted octanol–water partition coefficient (Wildman–Crippen LogP) is 2.18. The van der Waals surface area contributed by atoms with E-state index in [1.54, 1.807) is 6.20 Å². The molecule has 13 heavy (non-hydrogen) atoms. The number of hydrogen-bond donors (Lipinski definition) is 2. The number of nitrogens with one attached hydrogen (secondary N) is 1. The maximum atomic E-state index is 5.76. The molecule has 0 amide bonds. The van der Waals surface area contributed by atoms with Crippen LogP contribution >= 0.6 is 0 Å². The highest BCUT2D eigenvalue weighted by atomic mass is 15.0. The van der Waals surface area contributed by atoms with Crippen LogP contribution in [-0.2, 0) is 0 Å². The van der Waals surface area contributed by atoms with E-state index < -0.39 is 0 Å². The molecule has 0 spiro atoms. The Labute approximate surface area is 79.4 Å². The van der Waals surface area contributed by atoms with Gasteiger partial charge in [-0.1, -0.05) is 6.92 Å². The number of pyridine rings is 1. The quantitative estimate of drug-likeness (QED) is 0.747. The summed E-state index contributed by atoms with van der Waals surface area (Å²) in [4.78, 5) is 4.24. The molecule has 3 nitrogen and oxygen atoms in total. The van der Waals surface area contributed by atoms with Gasteiger partial charge < -0.3 is 11.1 Å². The highest BCUT2D eigenvalue weighted by Crippen LogP contribution is 2.14. The van der Waals surface area contributed by atoms with Crippen molar-refractivity contribution in [3.05, 3.63) is 17.8 Å². The van der Waals surface area contributed by atoms with Crippen LogP contribution in [0.2, 0.25) is 0 Å². The average molecular weight is 179 g/mol. The number of nitrogens with zero attached hydrogens (tertiary/aromatic N) is 1. The van der Waals surface area contributed by atoms with Crippen LogP contribution < -0.4 is 11.1 Å². The van der Waals surface area contributed by atoms with Crippen molar-refractivity contribution in [1.82, 2.24) is 4.98 Å². The van der Waals surface area contributed by atoms with Gasteiger partial charge in [0.25, 0.3) is 0 Å². The average Bonchev–Trinajstić information content (AvgIpc) is 2.11. The minimum Gasteiger partial charge on any atom is -0.398 e. The predicted molar refractivity (Wildman–Crippen MR) is 56.8 cm³/mol. The van der Waals surface area contributed by atoms with Crippen LogP contribution in [0.5, 0.6) is 0 Å². The molecule has 0 radical (unpaired) electrons. The molecule has 1 heterocycles. The number of aromatic nitrogens is 1. The third-order valence-corrected chi connectivity index (χ3v) is 2.15. The van der Waals surface area contributed by atoms with Crippen LogP contribution in [-0.4, -0.2) is 11.0 Å². The second-order valence-electron chi connectivity index (χ2n) is 3.38. The number of hydrogen-bond acceptors (Lipinski definition) is 3. The second-order valence-corrected chi connectivity index (χ2v) is 3.38. The molecule has 0 fully saturated rings. The van der Waals surface area contributed by atoms with Crippen LogP contribution in [0.25, 0.3) is 0 Å². The molecular weight excluding hydrogens is 162 g/mol. The summed E-state index contributed by atoms with van der Waals surface area (Å²) in [6.07, 6.45) is 2.87. The van der Waals surface area contributed by atoms with Crippen molar-refractivity contribution in [1.29, 1.82) is 0 Å². The monoisotopic (exact) mass is 179 g/mol. The van der Waals surface area contributed by atoms with Crippen LogP contribution in [0.1, 0.15) is 25.8 Å². The number of nitrogens with two attached hydrogens (primary N) is 1. The van der Waals surface area contributed by atoms with Crippen molar-refractivity contribution in [3.8, 4) is 0 Å². The van der Waals surface area contributed by atoms with Crippen molar-refractivity contribution in [2.24, 2.45) is 0 Å². The minimum absolute atomic E-state index is 0.439. The molecule has 0 aliphatic carbocycles. The van der Waals surface area contributed by atoms with Gasteiger partial charge in [0.1, 0.15) is 5.82 Å². The summed E-state index contributed by atoms with van der Waals surface area (Å²) < 4.78 is 0. The molecule has 1 unspecified atom stereocenters. The maximum absolute atomic E-state index is 5.76. The number of nitrogen functional groups attached to an aromatic ring is 1. The van der Waals surface area contributed by atoms with Gasteiger partial charge in [-0.2, -0.15) is 0 Å².